The van der Waals surface area contributed by atoms with Gasteiger partial charge in [-0.1, -0.05) is 12.1 Å². The van der Waals surface area contributed by atoms with Gasteiger partial charge in [0.2, 0.25) is 0 Å². The highest BCUT2D eigenvalue weighted by atomic mass is 16.2. The second-order valence-corrected chi connectivity index (χ2v) is 5.51. The summed E-state index contributed by atoms with van der Waals surface area (Å²) in [7, 11) is 0. The average molecular weight is 342 g/mol. The molecule has 2 rings (SSSR count). The van der Waals surface area contributed by atoms with Gasteiger partial charge in [-0.2, -0.15) is 0 Å². The molecule has 0 saturated carbocycles. The van der Waals surface area contributed by atoms with Crippen LogP contribution in [-0.2, 0) is 0 Å². The van der Waals surface area contributed by atoms with Crippen molar-refractivity contribution in [3.05, 3.63) is 60.2 Å². The Labute approximate surface area is 147 Å². The molecule has 0 atom stereocenters. The van der Waals surface area contributed by atoms with Crippen molar-refractivity contribution < 1.29 is 14.9 Å². The number of carbonyl (C=O) groups excluding carboxylic acids is 2. The molecular weight excluding hydrogens is 318 g/mol. The number of nitrogens with zero attached hydrogens (tertiary/aromatic N) is 2. The van der Waals surface area contributed by atoms with Crippen LogP contribution in [0.15, 0.2) is 48.8 Å². The molecule has 0 bridgehead atoms. The number of aromatic nitrogens is 2. The van der Waals surface area contributed by atoms with E-state index >= 15 is 0 Å². The Morgan fingerprint density at radius 1 is 0.800 bits per heavy atom. The van der Waals surface area contributed by atoms with Gasteiger partial charge >= 0.3 is 0 Å². The molecule has 7 heteroatoms. The van der Waals surface area contributed by atoms with E-state index in [4.69, 9.17) is 0 Å². The summed E-state index contributed by atoms with van der Waals surface area (Å²) in [6, 6.07) is 10.5. The molecule has 0 aliphatic heterocycles. The summed E-state index contributed by atoms with van der Waals surface area (Å²) in [5.74, 6) is -0.282. The Morgan fingerprint density at radius 3 is 1.68 bits per heavy atom. The van der Waals surface area contributed by atoms with E-state index in [1.807, 2.05) is 0 Å². The summed E-state index contributed by atoms with van der Waals surface area (Å²) in [5.41, 5.74) is 0.880. The molecule has 2 amide bonds. The van der Waals surface area contributed by atoms with E-state index in [1.54, 1.807) is 48.8 Å². The number of nitrogens with one attached hydrogen (secondary N) is 2. The summed E-state index contributed by atoms with van der Waals surface area (Å²) in [6.45, 7) is 3.11. The van der Waals surface area contributed by atoms with Crippen LogP contribution in [0.3, 0.4) is 0 Å². The first-order valence-corrected chi connectivity index (χ1v) is 8.47. The summed E-state index contributed by atoms with van der Waals surface area (Å²) < 4.78 is 0. The number of quaternary nitrogens is 1. The number of carbonyl (C=O) groups is 2. The normalized spacial score (nSPS) is 10.2. The van der Waals surface area contributed by atoms with E-state index in [-0.39, 0.29) is 11.8 Å². The van der Waals surface area contributed by atoms with E-state index in [2.05, 4.69) is 25.9 Å². The number of rotatable bonds is 10. The minimum absolute atomic E-state index is 0.141. The molecule has 2 heterocycles. The van der Waals surface area contributed by atoms with Gasteiger partial charge in [-0.25, -0.2) is 0 Å². The van der Waals surface area contributed by atoms with Gasteiger partial charge in [-0.15, -0.1) is 0 Å². The van der Waals surface area contributed by atoms with Crippen molar-refractivity contribution in [3.8, 4) is 0 Å². The molecule has 0 unspecified atom stereocenters. The van der Waals surface area contributed by atoms with Crippen molar-refractivity contribution in [2.24, 2.45) is 0 Å². The van der Waals surface area contributed by atoms with Crippen molar-refractivity contribution in [1.29, 1.82) is 0 Å². The van der Waals surface area contributed by atoms with Gasteiger partial charge in [0, 0.05) is 38.3 Å². The third-order valence-electron chi connectivity index (χ3n) is 3.54. The standard InChI is InChI=1S/C18H23N5O2/c24-17(15-7-1-3-11-20-15)22-13-5-9-19-10-6-14-23-18(25)16-8-2-4-12-21-16/h1-4,7-8,11-12,19H,5-6,9-10,13-14H2,(H,22,24)(H,23,25)/p+1. The van der Waals surface area contributed by atoms with Crippen LogP contribution in [0.4, 0.5) is 0 Å². The minimum Gasteiger partial charge on any atom is -0.350 e. The fourth-order valence-corrected chi connectivity index (χ4v) is 2.22. The second kappa shape index (κ2) is 10.9. The van der Waals surface area contributed by atoms with Gasteiger partial charge in [-0.3, -0.25) is 19.6 Å². The van der Waals surface area contributed by atoms with Gasteiger partial charge in [0.05, 0.1) is 13.1 Å². The molecule has 0 aliphatic carbocycles. The van der Waals surface area contributed by atoms with Gasteiger partial charge in [-0.05, 0) is 24.3 Å². The third-order valence-corrected chi connectivity index (χ3v) is 3.54. The predicted octanol–water partition coefficient (Wildman–Crippen LogP) is -0.0200. The molecule has 7 nitrogen and oxygen atoms in total. The lowest BCUT2D eigenvalue weighted by Gasteiger charge is -2.05. The van der Waals surface area contributed by atoms with Crippen LogP contribution in [0, 0.1) is 0 Å². The van der Waals surface area contributed by atoms with Crippen LogP contribution in [0.1, 0.15) is 33.8 Å². The number of nitrogens with two attached hydrogens (primary N) is 1. The van der Waals surface area contributed by atoms with Crippen molar-refractivity contribution in [2.75, 3.05) is 26.2 Å². The van der Waals surface area contributed by atoms with Gasteiger partial charge in [0.25, 0.3) is 11.8 Å². The van der Waals surface area contributed by atoms with Crippen LogP contribution >= 0.6 is 0 Å². The highest BCUT2D eigenvalue weighted by Gasteiger charge is 2.06. The molecule has 0 spiro atoms. The summed E-state index contributed by atoms with van der Waals surface area (Å²) in [5, 5.41) is 7.88. The van der Waals surface area contributed by atoms with Crippen molar-refractivity contribution in [2.45, 2.75) is 12.8 Å². The number of amides is 2. The number of hydrogen-bond acceptors (Lipinski definition) is 4. The zero-order chi connectivity index (χ0) is 17.7. The van der Waals surface area contributed by atoms with E-state index in [9.17, 15) is 9.59 Å². The molecule has 0 saturated heterocycles. The van der Waals surface area contributed by atoms with Gasteiger partial charge < -0.3 is 16.0 Å². The molecule has 4 N–H and O–H groups in total. The molecular formula is C18H24N5O2+. The van der Waals surface area contributed by atoms with Gasteiger partial charge in [0.1, 0.15) is 11.4 Å². The first-order valence-electron chi connectivity index (χ1n) is 8.47. The van der Waals surface area contributed by atoms with Crippen LogP contribution in [0.2, 0.25) is 0 Å². The zero-order valence-electron chi connectivity index (χ0n) is 14.1. The lowest BCUT2D eigenvalue weighted by molar-refractivity contribution is -0.654. The van der Waals surface area contributed by atoms with Crippen molar-refractivity contribution in [3.63, 3.8) is 0 Å². The lowest BCUT2D eigenvalue weighted by Crippen LogP contribution is -2.84. The molecule has 0 fully saturated rings. The third kappa shape index (κ3) is 7.09. The number of hydrogen-bond donors (Lipinski definition) is 3. The SMILES string of the molecule is O=C(NCCC[NH2+]CCCNC(=O)c1ccccn1)c1ccccn1. The highest BCUT2D eigenvalue weighted by Crippen LogP contribution is 1.93. The molecule has 2 aromatic rings. The fraction of sp³-hybridized carbons (Fsp3) is 0.333. The second-order valence-electron chi connectivity index (χ2n) is 5.51. The summed E-state index contributed by atoms with van der Waals surface area (Å²) >= 11 is 0. The molecule has 0 radical (unpaired) electrons. The van der Waals surface area contributed by atoms with Crippen molar-refractivity contribution in [1.82, 2.24) is 20.6 Å². The van der Waals surface area contributed by atoms with E-state index in [0.29, 0.717) is 24.5 Å². The van der Waals surface area contributed by atoms with Crippen LogP contribution in [0.25, 0.3) is 0 Å². The zero-order valence-corrected chi connectivity index (χ0v) is 14.1. The highest BCUT2D eigenvalue weighted by molar-refractivity contribution is 5.92. The number of pyridine rings is 2. The largest absolute Gasteiger partial charge is 0.350 e. The molecule has 0 aromatic carbocycles. The first-order chi connectivity index (χ1) is 12.3. The predicted molar refractivity (Wildman–Crippen MR) is 94.0 cm³/mol. The maximum atomic E-state index is 11.8. The Morgan fingerprint density at radius 2 is 1.28 bits per heavy atom. The molecule has 2 aromatic heterocycles. The Bertz CT molecular complexity index is 592. The minimum atomic E-state index is -0.141. The summed E-state index contributed by atoms with van der Waals surface area (Å²) in [4.78, 5) is 31.6. The Hall–Kier alpha value is -2.80. The van der Waals surface area contributed by atoms with E-state index in [0.717, 1.165) is 25.9 Å². The molecule has 25 heavy (non-hydrogen) atoms. The van der Waals surface area contributed by atoms with Crippen LogP contribution in [0.5, 0.6) is 0 Å². The monoisotopic (exact) mass is 342 g/mol. The van der Waals surface area contributed by atoms with Crippen molar-refractivity contribution >= 4 is 11.8 Å². The van der Waals surface area contributed by atoms with E-state index < -0.39 is 0 Å². The summed E-state index contributed by atoms with van der Waals surface area (Å²) in [6.07, 6.45) is 4.99. The smallest absolute Gasteiger partial charge is 0.269 e. The Balaban J connectivity index is 1.45. The van der Waals surface area contributed by atoms with E-state index in [1.165, 1.54) is 0 Å². The Kier molecular flexibility index (Phi) is 8.07. The maximum Gasteiger partial charge on any atom is 0.269 e. The molecule has 0 aliphatic rings. The lowest BCUT2D eigenvalue weighted by atomic mass is 10.3. The van der Waals surface area contributed by atoms with Gasteiger partial charge in [0.15, 0.2) is 0 Å². The fourth-order valence-electron chi connectivity index (χ4n) is 2.22. The maximum absolute atomic E-state index is 11.8. The van der Waals surface area contributed by atoms with Crippen LogP contribution < -0.4 is 16.0 Å². The average Bonchev–Trinajstić information content (AvgIpc) is 2.67. The first kappa shape index (κ1) is 18.5. The quantitative estimate of drug-likeness (QED) is 0.528. The molecule has 132 valence electrons. The topological polar surface area (TPSA) is 101 Å². The van der Waals surface area contributed by atoms with Crippen LogP contribution in [-0.4, -0.2) is 48.0 Å².